The van der Waals surface area contributed by atoms with Gasteiger partial charge in [0.15, 0.2) is 11.6 Å². The van der Waals surface area contributed by atoms with Gasteiger partial charge in [-0.3, -0.25) is 4.79 Å². The van der Waals surface area contributed by atoms with Crippen molar-refractivity contribution in [2.45, 2.75) is 45.3 Å². The van der Waals surface area contributed by atoms with Crippen LogP contribution in [-0.2, 0) is 17.8 Å². The van der Waals surface area contributed by atoms with Crippen LogP contribution in [0.15, 0.2) is 54.6 Å². The molecule has 7 heteroatoms. The summed E-state index contributed by atoms with van der Waals surface area (Å²) in [6, 6.07) is 14.4. The van der Waals surface area contributed by atoms with Gasteiger partial charge in [0.25, 0.3) is 0 Å². The number of aliphatic hydroxyl groups excluding tert-OH is 1. The zero-order valence-electron chi connectivity index (χ0n) is 19.7. The minimum atomic E-state index is -1.00. The molecule has 0 spiro atoms. The van der Waals surface area contributed by atoms with Crippen LogP contribution >= 0.6 is 0 Å². The Hall–Kier alpha value is -3.45. The normalized spacial score (nSPS) is 14.9. The van der Waals surface area contributed by atoms with Crippen LogP contribution in [0.1, 0.15) is 49.0 Å². The van der Waals surface area contributed by atoms with Gasteiger partial charge in [0.2, 0.25) is 0 Å². The maximum absolute atomic E-state index is 14.8. The van der Waals surface area contributed by atoms with E-state index in [2.05, 4.69) is 0 Å². The summed E-state index contributed by atoms with van der Waals surface area (Å²) in [5, 5.41) is 20.0. The molecule has 184 valence electrons. The highest BCUT2D eigenvalue weighted by atomic mass is 19.1. The number of carbonyl (C=O) groups is 1. The van der Waals surface area contributed by atoms with E-state index < -0.39 is 23.7 Å². The Balaban J connectivity index is 1.63. The van der Waals surface area contributed by atoms with Crippen molar-refractivity contribution in [2.24, 2.45) is 5.41 Å². The zero-order valence-corrected chi connectivity index (χ0v) is 19.7. The summed E-state index contributed by atoms with van der Waals surface area (Å²) in [5.74, 6) is -1.49. The predicted octanol–water partition coefficient (Wildman–Crippen LogP) is 6.07. The maximum atomic E-state index is 14.8. The Labute approximate surface area is 202 Å². The maximum Gasteiger partial charge on any atom is 0.303 e. The largest absolute Gasteiger partial charge is 0.497 e. The number of carboxylic acids is 1. The summed E-state index contributed by atoms with van der Waals surface area (Å²) in [7, 11) is 1.51. The average Bonchev–Trinajstić information content (AvgIpc) is 3.60. The Morgan fingerprint density at radius 1 is 1.09 bits per heavy atom. The van der Waals surface area contributed by atoms with Crippen LogP contribution in [-0.4, -0.2) is 23.3 Å². The lowest BCUT2D eigenvalue weighted by Crippen LogP contribution is -2.12. The third kappa shape index (κ3) is 5.46. The molecule has 2 N–H and O–H groups in total. The molecule has 3 aromatic rings. The smallest absolute Gasteiger partial charge is 0.303 e. The molecule has 5 nitrogen and oxygen atoms in total. The van der Waals surface area contributed by atoms with Crippen LogP contribution in [0.2, 0.25) is 0 Å². The second-order valence-electron chi connectivity index (χ2n) is 9.24. The van der Waals surface area contributed by atoms with E-state index in [1.165, 1.54) is 25.3 Å². The topological polar surface area (TPSA) is 76.0 Å². The fourth-order valence-corrected chi connectivity index (χ4v) is 4.12. The highest BCUT2D eigenvalue weighted by Gasteiger charge is 2.45. The van der Waals surface area contributed by atoms with E-state index in [0.29, 0.717) is 28.0 Å². The van der Waals surface area contributed by atoms with Crippen molar-refractivity contribution in [3.8, 4) is 22.6 Å². The number of carboxylic acid groups (broad SMARTS) is 1. The van der Waals surface area contributed by atoms with Gasteiger partial charge in [0.1, 0.15) is 18.2 Å². The van der Waals surface area contributed by atoms with E-state index in [1.54, 1.807) is 36.4 Å². The van der Waals surface area contributed by atoms with Crippen LogP contribution < -0.4 is 9.47 Å². The van der Waals surface area contributed by atoms with Crippen molar-refractivity contribution in [1.29, 1.82) is 0 Å². The molecule has 0 aromatic heterocycles. The van der Waals surface area contributed by atoms with Crippen LogP contribution in [0.3, 0.4) is 0 Å². The van der Waals surface area contributed by atoms with Crippen molar-refractivity contribution >= 4 is 5.97 Å². The number of benzene rings is 3. The molecule has 1 fully saturated rings. The number of aryl methyl sites for hydroxylation is 1. The van der Waals surface area contributed by atoms with E-state index in [-0.39, 0.29) is 36.2 Å². The first kappa shape index (κ1) is 24.7. The molecule has 1 aliphatic carbocycles. The van der Waals surface area contributed by atoms with Crippen molar-refractivity contribution in [1.82, 2.24) is 0 Å². The van der Waals surface area contributed by atoms with Crippen molar-refractivity contribution < 1.29 is 33.3 Å². The van der Waals surface area contributed by atoms with Crippen LogP contribution in [0.25, 0.3) is 11.1 Å². The molecule has 1 saturated carbocycles. The highest BCUT2D eigenvalue weighted by molar-refractivity contribution is 5.71. The van der Waals surface area contributed by atoms with Crippen LogP contribution in [0, 0.1) is 17.0 Å². The summed E-state index contributed by atoms with van der Waals surface area (Å²) in [5.41, 5.74) is 2.14. The number of aliphatic carboxylic acids is 1. The lowest BCUT2D eigenvalue weighted by atomic mass is 9.87. The fraction of sp³-hybridized carbons (Fsp3) is 0.321. The zero-order chi connectivity index (χ0) is 25.2. The molecule has 0 heterocycles. The summed E-state index contributed by atoms with van der Waals surface area (Å²) in [4.78, 5) is 10.8. The van der Waals surface area contributed by atoms with Crippen molar-refractivity contribution in [2.75, 3.05) is 7.11 Å². The van der Waals surface area contributed by atoms with Gasteiger partial charge < -0.3 is 19.7 Å². The molecule has 0 radical (unpaired) electrons. The summed E-state index contributed by atoms with van der Waals surface area (Å²) >= 11 is 0. The number of rotatable bonds is 10. The predicted molar refractivity (Wildman–Crippen MR) is 127 cm³/mol. The Morgan fingerprint density at radius 2 is 1.86 bits per heavy atom. The lowest BCUT2D eigenvalue weighted by molar-refractivity contribution is -0.136. The van der Waals surface area contributed by atoms with Gasteiger partial charge in [-0.05, 0) is 77.3 Å². The first-order chi connectivity index (χ1) is 16.7. The summed E-state index contributed by atoms with van der Waals surface area (Å²) < 4.78 is 40.5. The molecule has 3 aromatic carbocycles. The molecule has 0 amide bonds. The van der Waals surface area contributed by atoms with Gasteiger partial charge in [0, 0.05) is 12.0 Å². The van der Waals surface area contributed by atoms with Gasteiger partial charge in [-0.25, -0.2) is 8.78 Å². The van der Waals surface area contributed by atoms with Crippen LogP contribution in [0.4, 0.5) is 8.78 Å². The van der Waals surface area contributed by atoms with Crippen molar-refractivity contribution in [3.63, 3.8) is 0 Å². The fourth-order valence-electron chi connectivity index (χ4n) is 4.12. The van der Waals surface area contributed by atoms with Crippen molar-refractivity contribution in [3.05, 3.63) is 82.9 Å². The van der Waals surface area contributed by atoms with Crippen LogP contribution in [0.5, 0.6) is 11.5 Å². The van der Waals surface area contributed by atoms with E-state index in [4.69, 9.17) is 14.6 Å². The summed E-state index contributed by atoms with van der Waals surface area (Å²) in [6.07, 6.45) is 0.808. The molecular weight excluding hydrogens is 454 g/mol. The third-order valence-electron chi connectivity index (χ3n) is 6.62. The molecular formula is C28H28F2O5. The average molecular weight is 483 g/mol. The van der Waals surface area contributed by atoms with E-state index in [0.717, 1.165) is 12.8 Å². The molecule has 1 unspecified atom stereocenters. The molecule has 0 bridgehead atoms. The Bertz CT molecular complexity index is 1240. The van der Waals surface area contributed by atoms with E-state index >= 15 is 0 Å². The number of halogens is 2. The standard InChI is InChI=1S/C28H28F2O5/c1-28(12-13-28)27(33)22-14-17(6-9-20(22)21-15-19(34-2)8-10-23(21)29)16-35-24-5-3-4-18(26(24)30)7-11-25(31)32/h3-6,8-10,14-15,27,33H,7,11-13,16H2,1-2H3,(H,31,32). The molecule has 1 atom stereocenters. The van der Waals surface area contributed by atoms with Gasteiger partial charge in [-0.15, -0.1) is 0 Å². The number of methoxy groups -OCH3 is 1. The quantitative estimate of drug-likeness (QED) is 0.367. The first-order valence-electron chi connectivity index (χ1n) is 11.5. The molecule has 1 aliphatic rings. The van der Waals surface area contributed by atoms with Gasteiger partial charge in [0.05, 0.1) is 13.2 Å². The van der Waals surface area contributed by atoms with E-state index in [1.807, 2.05) is 6.92 Å². The van der Waals surface area contributed by atoms with Gasteiger partial charge >= 0.3 is 5.97 Å². The second kappa shape index (κ2) is 10.0. The number of hydrogen-bond donors (Lipinski definition) is 2. The number of hydrogen-bond acceptors (Lipinski definition) is 4. The van der Waals surface area contributed by atoms with Gasteiger partial charge in [-0.2, -0.15) is 0 Å². The third-order valence-corrected chi connectivity index (χ3v) is 6.62. The second-order valence-corrected chi connectivity index (χ2v) is 9.24. The minimum Gasteiger partial charge on any atom is -0.497 e. The minimum absolute atomic E-state index is 0.0204. The monoisotopic (exact) mass is 482 g/mol. The molecule has 4 rings (SSSR count). The Morgan fingerprint density at radius 3 is 2.54 bits per heavy atom. The number of aliphatic hydroxyl groups is 1. The SMILES string of the molecule is COc1ccc(F)c(-c2ccc(COc3cccc(CCC(=O)O)c3F)cc2C(O)C2(C)CC2)c1. The number of ether oxygens (including phenoxy) is 2. The lowest BCUT2D eigenvalue weighted by Gasteiger charge is -2.23. The Kier molecular flexibility index (Phi) is 7.08. The van der Waals surface area contributed by atoms with E-state index in [9.17, 15) is 18.7 Å². The summed E-state index contributed by atoms with van der Waals surface area (Å²) in [6.45, 7) is 2.02. The first-order valence-corrected chi connectivity index (χ1v) is 11.5. The molecule has 0 aliphatic heterocycles. The molecule has 0 saturated heterocycles. The molecule has 35 heavy (non-hydrogen) atoms. The highest BCUT2D eigenvalue weighted by Crippen LogP contribution is 2.55. The van der Waals surface area contributed by atoms with Gasteiger partial charge in [-0.1, -0.05) is 31.2 Å².